The van der Waals surface area contributed by atoms with E-state index in [2.05, 4.69) is 13.2 Å². The molecule has 0 aliphatic carbocycles. The standard InChI is InChI=1S/C11H16O4/c1-4-7-9(10(12)14-6-3)11(13)15-8-5-2/h4-5,9H,1-2,6-8H2,3H3. The van der Waals surface area contributed by atoms with Crippen molar-refractivity contribution >= 4 is 11.9 Å². The van der Waals surface area contributed by atoms with Crippen LogP contribution < -0.4 is 0 Å². The molecule has 4 heteroatoms. The number of carbonyl (C=O) groups is 2. The van der Waals surface area contributed by atoms with E-state index in [0.29, 0.717) is 0 Å². The monoisotopic (exact) mass is 212 g/mol. The third kappa shape index (κ3) is 5.00. The number of carbonyl (C=O) groups excluding carboxylic acids is 2. The van der Waals surface area contributed by atoms with E-state index in [9.17, 15) is 9.59 Å². The maximum absolute atomic E-state index is 11.4. The zero-order valence-electron chi connectivity index (χ0n) is 8.90. The number of rotatable bonds is 7. The summed E-state index contributed by atoms with van der Waals surface area (Å²) >= 11 is 0. The maximum Gasteiger partial charge on any atom is 0.320 e. The lowest BCUT2D eigenvalue weighted by atomic mass is 10.1. The topological polar surface area (TPSA) is 52.6 Å². The lowest BCUT2D eigenvalue weighted by Crippen LogP contribution is -2.27. The summed E-state index contributed by atoms with van der Waals surface area (Å²) in [6.07, 6.45) is 3.14. The van der Waals surface area contributed by atoms with Crippen molar-refractivity contribution in [3.63, 3.8) is 0 Å². The molecule has 15 heavy (non-hydrogen) atoms. The molecule has 0 aromatic heterocycles. The van der Waals surface area contributed by atoms with Gasteiger partial charge < -0.3 is 9.47 Å². The normalized spacial score (nSPS) is 11.3. The van der Waals surface area contributed by atoms with Crippen molar-refractivity contribution in [1.29, 1.82) is 0 Å². The number of esters is 2. The third-order valence-electron chi connectivity index (χ3n) is 1.60. The fraction of sp³-hybridized carbons (Fsp3) is 0.455. The predicted octanol–water partition coefficient (Wildman–Crippen LogP) is 1.47. The molecular weight excluding hydrogens is 196 g/mol. The van der Waals surface area contributed by atoms with Crippen LogP contribution in [0.15, 0.2) is 25.3 Å². The average molecular weight is 212 g/mol. The number of allylic oxidation sites excluding steroid dienone is 1. The summed E-state index contributed by atoms with van der Waals surface area (Å²) in [6, 6.07) is 0. The molecule has 0 aliphatic heterocycles. The largest absolute Gasteiger partial charge is 0.465 e. The van der Waals surface area contributed by atoms with Gasteiger partial charge in [-0.1, -0.05) is 18.7 Å². The van der Waals surface area contributed by atoms with Crippen LogP contribution in [-0.2, 0) is 19.1 Å². The minimum atomic E-state index is -0.914. The van der Waals surface area contributed by atoms with Gasteiger partial charge in [-0.15, -0.1) is 6.58 Å². The molecule has 0 radical (unpaired) electrons. The average Bonchev–Trinajstić information content (AvgIpc) is 2.22. The highest BCUT2D eigenvalue weighted by Crippen LogP contribution is 2.09. The lowest BCUT2D eigenvalue weighted by molar-refractivity contribution is -0.160. The number of hydrogen-bond acceptors (Lipinski definition) is 4. The van der Waals surface area contributed by atoms with Gasteiger partial charge in [-0.3, -0.25) is 9.59 Å². The molecule has 0 N–H and O–H groups in total. The van der Waals surface area contributed by atoms with E-state index in [-0.39, 0.29) is 19.6 Å². The summed E-state index contributed by atoms with van der Waals surface area (Å²) in [6.45, 7) is 8.88. The molecule has 1 atom stereocenters. The second kappa shape index (κ2) is 7.79. The quantitative estimate of drug-likeness (QED) is 0.364. The Morgan fingerprint density at radius 2 is 1.80 bits per heavy atom. The Hall–Kier alpha value is -1.58. The molecule has 84 valence electrons. The van der Waals surface area contributed by atoms with E-state index in [1.807, 2.05) is 0 Å². The van der Waals surface area contributed by atoms with Crippen molar-refractivity contribution in [3.05, 3.63) is 25.3 Å². The van der Waals surface area contributed by atoms with Crippen LogP contribution >= 0.6 is 0 Å². The minimum absolute atomic E-state index is 0.0892. The van der Waals surface area contributed by atoms with Gasteiger partial charge >= 0.3 is 11.9 Å². The van der Waals surface area contributed by atoms with Gasteiger partial charge in [-0.25, -0.2) is 0 Å². The van der Waals surface area contributed by atoms with E-state index in [4.69, 9.17) is 9.47 Å². The molecule has 0 saturated heterocycles. The zero-order valence-corrected chi connectivity index (χ0v) is 8.90. The molecule has 0 amide bonds. The van der Waals surface area contributed by atoms with E-state index >= 15 is 0 Å². The van der Waals surface area contributed by atoms with Gasteiger partial charge in [0.1, 0.15) is 6.61 Å². The first-order chi connectivity index (χ1) is 7.17. The van der Waals surface area contributed by atoms with E-state index in [1.54, 1.807) is 6.92 Å². The molecule has 0 rings (SSSR count). The third-order valence-corrected chi connectivity index (χ3v) is 1.60. The Kier molecular flexibility index (Phi) is 6.97. The second-order valence-corrected chi connectivity index (χ2v) is 2.75. The van der Waals surface area contributed by atoms with Crippen molar-refractivity contribution < 1.29 is 19.1 Å². The van der Waals surface area contributed by atoms with Crippen molar-refractivity contribution in [3.8, 4) is 0 Å². The molecule has 0 aromatic rings. The predicted molar refractivity (Wildman–Crippen MR) is 56.1 cm³/mol. The molecule has 0 fully saturated rings. The van der Waals surface area contributed by atoms with Crippen LogP contribution in [0.25, 0.3) is 0 Å². The van der Waals surface area contributed by atoms with Crippen molar-refractivity contribution in [2.24, 2.45) is 5.92 Å². The summed E-state index contributed by atoms with van der Waals surface area (Å²) in [5.74, 6) is -2.10. The molecule has 1 unspecified atom stereocenters. The van der Waals surface area contributed by atoms with Crippen molar-refractivity contribution in [2.45, 2.75) is 13.3 Å². The Morgan fingerprint density at radius 3 is 2.27 bits per heavy atom. The van der Waals surface area contributed by atoms with Gasteiger partial charge in [0.2, 0.25) is 0 Å². The fourth-order valence-corrected chi connectivity index (χ4v) is 0.940. The molecule has 0 spiro atoms. The van der Waals surface area contributed by atoms with Gasteiger partial charge in [0.05, 0.1) is 6.61 Å². The first kappa shape index (κ1) is 13.4. The summed E-state index contributed by atoms with van der Waals surface area (Å²) in [5.41, 5.74) is 0. The molecule has 0 aliphatic rings. The highest BCUT2D eigenvalue weighted by atomic mass is 16.6. The highest BCUT2D eigenvalue weighted by Gasteiger charge is 2.27. The summed E-state index contributed by atoms with van der Waals surface area (Å²) in [5, 5.41) is 0. The van der Waals surface area contributed by atoms with Gasteiger partial charge in [0.15, 0.2) is 5.92 Å². The maximum atomic E-state index is 11.4. The smallest absolute Gasteiger partial charge is 0.320 e. The van der Waals surface area contributed by atoms with Gasteiger partial charge in [-0.05, 0) is 13.3 Å². The summed E-state index contributed by atoms with van der Waals surface area (Å²) in [4.78, 5) is 22.7. The highest BCUT2D eigenvalue weighted by molar-refractivity contribution is 5.95. The Labute approximate surface area is 89.6 Å². The fourth-order valence-electron chi connectivity index (χ4n) is 0.940. The first-order valence-electron chi connectivity index (χ1n) is 4.72. The van der Waals surface area contributed by atoms with Crippen molar-refractivity contribution in [1.82, 2.24) is 0 Å². The second-order valence-electron chi connectivity index (χ2n) is 2.75. The number of hydrogen-bond donors (Lipinski definition) is 0. The first-order valence-corrected chi connectivity index (χ1v) is 4.72. The summed E-state index contributed by atoms with van der Waals surface area (Å²) < 4.78 is 9.51. The van der Waals surface area contributed by atoms with Gasteiger partial charge in [0, 0.05) is 0 Å². The van der Waals surface area contributed by atoms with Crippen LogP contribution in [0.5, 0.6) is 0 Å². The molecular formula is C11H16O4. The van der Waals surface area contributed by atoms with Crippen LogP contribution in [0.4, 0.5) is 0 Å². The van der Waals surface area contributed by atoms with Crippen LogP contribution in [0, 0.1) is 5.92 Å². The van der Waals surface area contributed by atoms with Crippen LogP contribution in [0.1, 0.15) is 13.3 Å². The van der Waals surface area contributed by atoms with E-state index in [1.165, 1.54) is 12.2 Å². The lowest BCUT2D eigenvalue weighted by Gasteiger charge is -2.12. The summed E-state index contributed by atoms with van der Waals surface area (Å²) in [7, 11) is 0. The van der Waals surface area contributed by atoms with Crippen molar-refractivity contribution in [2.75, 3.05) is 13.2 Å². The van der Waals surface area contributed by atoms with E-state index < -0.39 is 17.9 Å². The van der Waals surface area contributed by atoms with Crippen LogP contribution in [0.3, 0.4) is 0 Å². The number of ether oxygens (including phenoxy) is 2. The molecule has 0 saturated carbocycles. The van der Waals surface area contributed by atoms with Crippen LogP contribution in [-0.4, -0.2) is 25.2 Å². The molecule has 4 nitrogen and oxygen atoms in total. The molecule has 0 aromatic carbocycles. The van der Waals surface area contributed by atoms with E-state index in [0.717, 1.165) is 0 Å². The Balaban J connectivity index is 4.35. The SMILES string of the molecule is C=CCOC(=O)C(CC=C)C(=O)OCC. The minimum Gasteiger partial charge on any atom is -0.465 e. The Morgan fingerprint density at radius 1 is 1.20 bits per heavy atom. The van der Waals surface area contributed by atoms with Gasteiger partial charge in [0.25, 0.3) is 0 Å². The molecule has 0 heterocycles. The van der Waals surface area contributed by atoms with Gasteiger partial charge in [-0.2, -0.15) is 0 Å². The zero-order chi connectivity index (χ0) is 11.7. The van der Waals surface area contributed by atoms with Crippen LogP contribution in [0.2, 0.25) is 0 Å². The Bertz CT molecular complexity index is 245. The molecule has 0 bridgehead atoms.